The number of anilines is 2. The van der Waals surface area contributed by atoms with E-state index in [1.807, 2.05) is 37.2 Å². The highest BCUT2D eigenvalue weighted by molar-refractivity contribution is 7.93. The van der Waals surface area contributed by atoms with Gasteiger partial charge in [-0.2, -0.15) is 0 Å². The van der Waals surface area contributed by atoms with Gasteiger partial charge in [0.2, 0.25) is 0 Å². The number of carbonyl (C=O) groups is 1. The summed E-state index contributed by atoms with van der Waals surface area (Å²) in [6.07, 6.45) is 0.835. The highest BCUT2D eigenvalue weighted by Crippen LogP contribution is 2.36. The Balaban J connectivity index is 1.29. The molecule has 1 amide bonds. The van der Waals surface area contributed by atoms with Crippen molar-refractivity contribution in [3.63, 3.8) is 0 Å². The Bertz CT molecular complexity index is 1800. The summed E-state index contributed by atoms with van der Waals surface area (Å²) >= 11 is 0. The number of benzene rings is 3. The van der Waals surface area contributed by atoms with Gasteiger partial charge in [0.05, 0.1) is 4.90 Å². The summed E-state index contributed by atoms with van der Waals surface area (Å²) in [6, 6.07) is 19.4. The van der Waals surface area contributed by atoms with Crippen LogP contribution in [0.5, 0.6) is 0 Å². The van der Waals surface area contributed by atoms with E-state index in [2.05, 4.69) is 4.72 Å². The lowest BCUT2D eigenvalue weighted by Gasteiger charge is -2.43. The zero-order chi connectivity index (χ0) is 28.2. The van der Waals surface area contributed by atoms with E-state index >= 15 is 0 Å². The first-order valence-corrected chi connectivity index (χ1v) is 14.6. The Morgan fingerprint density at radius 2 is 1.65 bits per heavy atom. The van der Waals surface area contributed by atoms with Crippen LogP contribution in [0.2, 0.25) is 0 Å². The third-order valence-electron chi connectivity index (χ3n) is 7.86. The maximum atomic E-state index is 13.5. The number of halogens is 1. The molecule has 40 heavy (non-hydrogen) atoms. The van der Waals surface area contributed by atoms with Gasteiger partial charge in [-0.1, -0.05) is 24.3 Å². The Morgan fingerprint density at radius 3 is 2.40 bits per heavy atom. The fourth-order valence-corrected chi connectivity index (χ4v) is 7.33. The zero-order valence-corrected chi connectivity index (χ0v) is 23.0. The number of hydrogen-bond donors (Lipinski definition) is 1. The molecule has 0 aliphatic carbocycles. The van der Waals surface area contributed by atoms with Crippen molar-refractivity contribution in [1.82, 2.24) is 9.47 Å². The third-order valence-corrected chi connectivity index (χ3v) is 9.28. The van der Waals surface area contributed by atoms with E-state index in [1.54, 1.807) is 27.7 Å². The number of nitrogens with one attached hydrogen (secondary N) is 1. The Hall–Kier alpha value is -4.18. The first kappa shape index (κ1) is 26.1. The monoisotopic (exact) mass is 560 g/mol. The standard InChI is InChI=1S/C30H29FN4O4S/c1-33(2)27-7-3-6-24-23(27)5-4-8-28(24)40(38,39)32-25-13-14-26-21-15-19(17-35(26)30(25)37)16-34(18-21)29(36)20-9-11-22(31)12-10-20/h3-14,19,21,32H,15-18H2,1-2H3/t19-,21+/m0/s1. The van der Waals surface area contributed by atoms with Crippen molar-refractivity contribution >= 4 is 38.1 Å². The molecule has 8 nitrogen and oxygen atoms in total. The molecule has 3 heterocycles. The number of fused-ring (bicyclic) bond motifs is 5. The number of carbonyl (C=O) groups excluding carboxylic acids is 1. The van der Waals surface area contributed by atoms with Gasteiger partial charge >= 0.3 is 0 Å². The minimum Gasteiger partial charge on any atom is -0.377 e. The van der Waals surface area contributed by atoms with E-state index in [4.69, 9.17) is 0 Å². The van der Waals surface area contributed by atoms with Gasteiger partial charge in [0, 0.05) is 67.4 Å². The van der Waals surface area contributed by atoms with Crippen LogP contribution in [0.15, 0.2) is 82.5 Å². The fraction of sp³-hybridized carbons (Fsp3) is 0.267. The molecule has 0 spiro atoms. The highest BCUT2D eigenvalue weighted by Gasteiger charge is 2.37. The van der Waals surface area contributed by atoms with Crippen LogP contribution in [0.4, 0.5) is 15.8 Å². The van der Waals surface area contributed by atoms with Crippen molar-refractivity contribution in [2.75, 3.05) is 36.8 Å². The largest absolute Gasteiger partial charge is 0.377 e. The van der Waals surface area contributed by atoms with Crippen LogP contribution >= 0.6 is 0 Å². The summed E-state index contributed by atoms with van der Waals surface area (Å²) in [6.45, 7) is 1.29. The number of hydrogen-bond acceptors (Lipinski definition) is 5. The second kappa shape index (κ2) is 9.78. The van der Waals surface area contributed by atoms with E-state index in [9.17, 15) is 22.4 Å². The number of pyridine rings is 1. The third kappa shape index (κ3) is 4.52. The topological polar surface area (TPSA) is 91.7 Å². The summed E-state index contributed by atoms with van der Waals surface area (Å²) in [4.78, 5) is 30.4. The number of amides is 1. The predicted molar refractivity (Wildman–Crippen MR) is 153 cm³/mol. The predicted octanol–water partition coefficient (Wildman–Crippen LogP) is 4.27. The summed E-state index contributed by atoms with van der Waals surface area (Å²) in [5.41, 5.74) is 1.69. The molecular formula is C30H29FN4O4S. The average molecular weight is 561 g/mol. The van der Waals surface area contributed by atoms with Crippen LogP contribution in [0.1, 0.15) is 28.4 Å². The van der Waals surface area contributed by atoms with Gasteiger partial charge in [-0.05, 0) is 60.9 Å². The lowest BCUT2D eigenvalue weighted by atomic mass is 9.83. The molecule has 2 atom stereocenters. The van der Waals surface area contributed by atoms with Crippen molar-refractivity contribution in [1.29, 1.82) is 0 Å². The van der Waals surface area contributed by atoms with Gasteiger partial charge in [-0.15, -0.1) is 0 Å². The quantitative estimate of drug-likeness (QED) is 0.394. The maximum Gasteiger partial charge on any atom is 0.275 e. The molecule has 0 radical (unpaired) electrons. The lowest BCUT2D eigenvalue weighted by Crippen LogP contribution is -2.49. The summed E-state index contributed by atoms with van der Waals surface area (Å²) in [7, 11) is -0.269. The fourth-order valence-electron chi connectivity index (χ4n) is 6.05. The van der Waals surface area contributed by atoms with Crippen LogP contribution in [0.25, 0.3) is 10.8 Å². The van der Waals surface area contributed by atoms with E-state index in [-0.39, 0.29) is 28.3 Å². The molecule has 1 fully saturated rings. The number of piperidine rings is 1. The molecular weight excluding hydrogens is 531 g/mol. The molecule has 10 heteroatoms. The number of likely N-dealkylation sites (tertiary alicyclic amines) is 1. The first-order valence-electron chi connectivity index (χ1n) is 13.1. The van der Waals surface area contributed by atoms with Crippen LogP contribution in [0.3, 0.4) is 0 Å². The molecule has 0 unspecified atom stereocenters. The second-order valence-electron chi connectivity index (χ2n) is 10.7. The summed E-state index contributed by atoms with van der Waals surface area (Å²) < 4.78 is 44.6. The van der Waals surface area contributed by atoms with Gasteiger partial charge in [-0.3, -0.25) is 14.3 Å². The van der Waals surface area contributed by atoms with Gasteiger partial charge in [0.25, 0.3) is 21.5 Å². The van der Waals surface area contributed by atoms with Crippen molar-refractivity contribution in [3.05, 3.63) is 100 Å². The van der Waals surface area contributed by atoms with Crippen LogP contribution in [-0.2, 0) is 16.6 Å². The number of nitrogens with zero attached hydrogens (tertiary/aromatic N) is 3. The molecule has 1 aromatic heterocycles. The van der Waals surface area contributed by atoms with E-state index < -0.39 is 21.4 Å². The Labute approximate surface area is 231 Å². The average Bonchev–Trinajstić information content (AvgIpc) is 2.94. The highest BCUT2D eigenvalue weighted by atomic mass is 32.2. The van der Waals surface area contributed by atoms with Crippen molar-refractivity contribution in [3.8, 4) is 0 Å². The lowest BCUT2D eigenvalue weighted by molar-refractivity contribution is 0.0594. The van der Waals surface area contributed by atoms with Gasteiger partial charge < -0.3 is 14.4 Å². The number of sulfonamides is 1. The number of aromatic nitrogens is 1. The molecule has 6 rings (SSSR count). The molecule has 0 saturated carbocycles. The van der Waals surface area contributed by atoms with E-state index in [0.717, 1.165) is 23.2 Å². The van der Waals surface area contributed by atoms with Crippen LogP contribution < -0.4 is 15.2 Å². The first-order chi connectivity index (χ1) is 19.1. The molecule has 206 valence electrons. The van der Waals surface area contributed by atoms with Gasteiger partial charge in [0.1, 0.15) is 11.5 Å². The van der Waals surface area contributed by atoms with Gasteiger partial charge in [0.15, 0.2) is 0 Å². The SMILES string of the molecule is CN(C)c1cccc2c(S(=O)(=O)Nc3ccc4n(c3=O)C[C@H]3C[C@@H]4CN(C(=O)c4ccc(F)cc4)C3)cccc12. The summed E-state index contributed by atoms with van der Waals surface area (Å²) in [5.74, 6) is -0.576. The minimum absolute atomic E-state index is 0.0104. The molecule has 1 N–H and O–H groups in total. The van der Waals surface area contributed by atoms with E-state index in [1.165, 1.54) is 36.4 Å². The van der Waals surface area contributed by atoms with Gasteiger partial charge in [-0.25, -0.2) is 12.8 Å². The number of rotatable bonds is 5. The minimum atomic E-state index is -4.07. The normalized spacial score (nSPS) is 18.3. The Kier molecular flexibility index (Phi) is 6.37. The maximum absolute atomic E-state index is 13.5. The molecule has 1 saturated heterocycles. The van der Waals surface area contributed by atoms with Crippen molar-refractivity contribution in [2.24, 2.45) is 5.92 Å². The molecule has 3 aromatic carbocycles. The molecule has 2 aliphatic heterocycles. The second-order valence-corrected chi connectivity index (χ2v) is 12.4. The van der Waals surface area contributed by atoms with Crippen molar-refractivity contribution < 1.29 is 17.6 Å². The van der Waals surface area contributed by atoms with Crippen LogP contribution in [0, 0.1) is 11.7 Å². The van der Waals surface area contributed by atoms with Crippen LogP contribution in [-0.4, -0.2) is 51.0 Å². The Morgan fingerprint density at radius 1 is 0.925 bits per heavy atom. The van der Waals surface area contributed by atoms with Crippen molar-refractivity contribution in [2.45, 2.75) is 23.8 Å². The molecule has 2 aliphatic rings. The molecule has 4 aromatic rings. The zero-order valence-electron chi connectivity index (χ0n) is 22.2. The molecule has 2 bridgehead atoms. The van der Waals surface area contributed by atoms with E-state index in [0.29, 0.717) is 30.6 Å². The smallest absolute Gasteiger partial charge is 0.275 e. The summed E-state index contributed by atoms with van der Waals surface area (Å²) in [5, 5.41) is 1.37.